The molecule has 2 N–H and O–H groups in total. The summed E-state index contributed by atoms with van der Waals surface area (Å²) >= 11 is 0. The summed E-state index contributed by atoms with van der Waals surface area (Å²) in [6.45, 7) is 10.6. The Bertz CT molecular complexity index is 1220. The molecule has 1 aliphatic carbocycles. The van der Waals surface area contributed by atoms with Gasteiger partial charge in [0.1, 0.15) is 17.7 Å². The molecule has 1 aliphatic heterocycles. The number of carboxylic acid groups (broad SMARTS) is 1. The number of piperidine rings is 1. The van der Waals surface area contributed by atoms with Gasteiger partial charge in [0, 0.05) is 31.1 Å². The number of aryl methyl sites for hydroxylation is 1. The second kappa shape index (κ2) is 17.9. The van der Waals surface area contributed by atoms with Gasteiger partial charge in [-0.15, -0.1) is 0 Å². The first kappa shape index (κ1) is 34.4. The predicted octanol–water partition coefficient (Wildman–Crippen LogP) is 7.14. The van der Waals surface area contributed by atoms with Crippen LogP contribution in [0.5, 0.6) is 0 Å². The van der Waals surface area contributed by atoms with E-state index < -0.39 is 12.0 Å². The third-order valence-corrected chi connectivity index (χ3v) is 8.41. The number of likely N-dealkylation sites (N-methyl/N-ethyl adjacent to an activating group) is 1. The van der Waals surface area contributed by atoms with E-state index in [9.17, 15) is 13.6 Å². The summed E-state index contributed by atoms with van der Waals surface area (Å²) in [5.41, 5.74) is 3.43. The maximum absolute atomic E-state index is 13.5. The zero-order valence-corrected chi connectivity index (χ0v) is 26.3. The number of carbonyl (C=O) groups is 1. The zero-order chi connectivity index (χ0) is 31.2. The highest BCUT2D eigenvalue weighted by Crippen LogP contribution is 2.31. The summed E-state index contributed by atoms with van der Waals surface area (Å²) in [5.74, 6) is 0.568. The molecule has 1 saturated carbocycles. The van der Waals surface area contributed by atoms with Crippen molar-refractivity contribution in [1.82, 2.24) is 20.0 Å². The quantitative estimate of drug-likeness (QED) is 0.275. The van der Waals surface area contributed by atoms with Crippen LogP contribution in [0.2, 0.25) is 0 Å². The highest BCUT2D eigenvalue weighted by molar-refractivity contribution is 5.73. The van der Waals surface area contributed by atoms with E-state index in [0.717, 1.165) is 23.7 Å². The molecule has 1 saturated heterocycles. The first-order chi connectivity index (χ1) is 20.7. The molecule has 5 rings (SSSR count). The Kier molecular flexibility index (Phi) is 14.3. The molecular formula is C35H50F2N4O2. The summed E-state index contributed by atoms with van der Waals surface area (Å²) in [5, 5.41) is 16.0. The number of likely N-dealkylation sites (tertiary alicyclic amines) is 1. The number of nitrogens with one attached hydrogen (secondary N) is 1. The minimum Gasteiger partial charge on any atom is -0.480 e. The number of halogens is 2. The zero-order valence-electron chi connectivity index (χ0n) is 26.3. The second-order valence-electron chi connectivity index (χ2n) is 12.1. The Morgan fingerprint density at radius 2 is 1.63 bits per heavy atom. The van der Waals surface area contributed by atoms with Gasteiger partial charge in [-0.2, -0.15) is 5.10 Å². The van der Waals surface area contributed by atoms with Crippen LogP contribution in [0.1, 0.15) is 82.2 Å². The van der Waals surface area contributed by atoms with Gasteiger partial charge >= 0.3 is 5.97 Å². The van der Waals surface area contributed by atoms with Crippen molar-refractivity contribution in [3.05, 3.63) is 89.2 Å². The number of hydrogen-bond donors (Lipinski definition) is 2. The number of hydrogen-bond acceptors (Lipinski definition) is 4. The largest absolute Gasteiger partial charge is 0.480 e. The van der Waals surface area contributed by atoms with E-state index in [2.05, 4.69) is 27.9 Å². The number of nitrogens with zero attached hydrogens (tertiary/aromatic N) is 3. The van der Waals surface area contributed by atoms with Gasteiger partial charge < -0.3 is 15.3 Å². The summed E-state index contributed by atoms with van der Waals surface area (Å²) in [6, 6.07) is 16.7. The van der Waals surface area contributed by atoms with Crippen LogP contribution < -0.4 is 5.32 Å². The number of aliphatic carboxylic acids is 1. The Balaban J connectivity index is 0.000000259. The lowest BCUT2D eigenvalue weighted by atomic mass is 9.92. The van der Waals surface area contributed by atoms with Crippen molar-refractivity contribution in [2.45, 2.75) is 84.2 Å². The number of benzene rings is 2. The van der Waals surface area contributed by atoms with Crippen molar-refractivity contribution >= 4 is 5.97 Å². The molecule has 236 valence electrons. The molecule has 2 fully saturated rings. The van der Waals surface area contributed by atoms with Crippen LogP contribution in [-0.2, 0) is 17.8 Å². The molecule has 0 amide bonds. The van der Waals surface area contributed by atoms with Crippen LogP contribution in [0.3, 0.4) is 0 Å². The molecule has 0 bridgehead atoms. The minimum atomic E-state index is -0.785. The Morgan fingerprint density at radius 3 is 2.12 bits per heavy atom. The lowest BCUT2D eigenvalue weighted by Crippen LogP contribution is -2.38. The van der Waals surface area contributed by atoms with Crippen molar-refractivity contribution in [2.24, 2.45) is 11.8 Å². The first-order valence-electron chi connectivity index (χ1n) is 15.8. The Labute approximate surface area is 256 Å². The van der Waals surface area contributed by atoms with Gasteiger partial charge in [0.25, 0.3) is 0 Å². The summed E-state index contributed by atoms with van der Waals surface area (Å²) in [7, 11) is 1.65. The van der Waals surface area contributed by atoms with Crippen molar-refractivity contribution in [1.29, 1.82) is 0 Å². The first-order valence-corrected chi connectivity index (χ1v) is 15.8. The van der Waals surface area contributed by atoms with Crippen molar-refractivity contribution in [3.8, 4) is 0 Å². The standard InChI is InChI=1S/C23H32FN3.C6H5F.C6H13NO2/c1-2-27-23(16-22(25-27)15-19-8-5-9-21(24)14-19)20-10-12-26(13-11-20)17-18-6-3-4-7-18;7-6-4-2-1-3-5-6;1-4(2)5(7-3)6(8)9/h5,8-9,14,16,18,20H,2-4,6-7,10-13,15,17H2,1H3;1-5H;4-5,7H,1-3H3,(H,8,9). The van der Waals surface area contributed by atoms with Gasteiger partial charge in [0.2, 0.25) is 0 Å². The van der Waals surface area contributed by atoms with Crippen molar-refractivity contribution < 1.29 is 18.7 Å². The average Bonchev–Trinajstić information content (AvgIpc) is 3.64. The third kappa shape index (κ3) is 11.5. The van der Waals surface area contributed by atoms with Gasteiger partial charge in [-0.25, -0.2) is 8.78 Å². The highest BCUT2D eigenvalue weighted by atomic mass is 19.1. The third-order valence-electron chi connectivity index (χ3n) is 8.41. The van der Waals surface area contributed by atoms with Crippen LogP contribution in [0.15, 0.2) is 60.7 Å². The van der Waals surface area contributed by atoms with Crippen molar-refractivity contribution in [3.63, 3.8) is 0 Å². The van der Waals surface area contributed by atoms with Crippen molar-refractivity contribution in [2.75, 3.05) is 26.7 Å². The van der Waals surface area contributed by atoms with E-state index >= 15 is 0 Å². The molecular weight excluding hydrogens is 546 g/mol. The molecule has 1 aromatic heterocycles. The fourth-order valence-electron chi connectivity index (χ4n) is 6.14. The molecule has 8 heteroatoms. The van der Waals surface area contributed by atoms with Crippen LogP contribution in [0, 0.1) is 23.5 Å². The minimum absolute atomic E-state index is 0.146. The van der Waals surface area contributed by atoms with Gasteiger partial charge in [-0.1, -0.05) is 57.0 Å². The lowest BCUT2D eigenvalue weighted by Gasteiger charge is -2.33. The van der Waals surface area contributed by atoms with E-state index in [-0.39, 0.29) is 17.6 Å². The number of aromatic nitrogens is 2. The smallest absolute Gasteiger partial charge is 0.320 e. The van der Waals surface area contributed by atoms with E-state index in [1.165, 1.54) is 82.1 Å². The van der Waals surface area contributed by atoms with Gasteiger partial charge in [0.15, 0.2) is 0 Å². The van der Waals surface area contributed by atoms with Gasteiger partial charge in [0.05, 0.1) is 5.69 Å². The fraction of sp³-hybridized carbons (Fsp3) is 0.543. The molecule has 2 aromatic carbocycles. The lowest BCUT2D eigenvalue weighted by molar-refractivity contribution is -0.140. The second-order valence-corrected chi connectivity index (χ2v) is 12.1. The maximum atomic E-state index is 13.5. The predicted molar refractivity (Wildman–Crippen MR) is 169 cm³/mol. The van der Waals surface area contributed by atoms with Crippen LogP contribution in [-0.4, -0.2) is 58.5 Å². The number of rotatable bonds is 9. The molecule has 1 unspecified atom stereocenters. The molecule has 3 aromatic rings. The normalized spacial score (nSPS) is 16.7. The van der Waals surface area contributed by atoms with E-state index in [1.54, 1.807) is 37.4 Å². The molecule has 6 nitrogen and oxygen atoms in total. The molecule has 43 heavy (non-hydrogen) atoms. The summed E-state index contributed by atoms with van der Waals surface area (Å²) in [6.07, 6.45) is 8.92. The number of carboxylic acids is 1. The van der Waals surface area contributed by atoms with E-state index in [4.69, 9.17) is 10.2 Å². The van der Waals surface area contributed by atoms with Crippen LogP contribution in [0.4, 0.5) is 8.78 Å². The highest BCUT2D eigenvalue weighted by Gasteiger charge is 2.26. The van der Waals surface area contributed by atoms with E-state index in [0.29, 0.717) is 12.3 Å². The molecule has 2 heterocycles. The van der Waals surface area contributed by atoms with E-state index in [1.807, 2.05) is 19.9 Å². The SMILES string of the molecule is CCn1nc(Cc2cccc(F)c2)cc1C1CCN(CC2CCCC2)CC1.CNC(C(=O)O)C(C)C.Fc1ccccc1. The molecule has 1 atom stereocenters. The maximum Gasteiger partial charge on any atom is 0.320 e. The fourth-order valence-corrected chi connectivity index (χ4v) is 6.14. The Hall–Kier alpha value is -3.10. The molecule has 0 spiro atoms. The summed E-state index contributed by atoms with van der Waals surface area (Å²) < 4.78 is 27.5. The van der Waals surface area contributed by atoms with Crippen LogP contribution >= 0.6 is 0 Å². The monoisotopic (exact) mass is 596 g/mol. The average molecular weight is 597 g/mol. The van der Waals surface area contributed by atoms with Crippen LogP contribution in [0.25, 0.3) is 0 Å². The van der Waals surface area contributed by atoms with Gasteiger partial charge in [-0.3, -0.25) is 9.48 Å². The molecule has 2 aliphatic rings. The molecule has 0 radical (unpaired) electrons. The van der Waals surface area contributed by atoms with Gasteiger partial charge in [-0.05, 0) is 100 Å². The Morgan fingerprint density at radius 1 is 0.977 bits per heavy atom. The summed E-state index contributed by atoms with van der Waals surface area (Å²) in [4.78, 5) is 13.0. The topological polar surface area (TPSA) is 70.4 Å².